The average molecular weight is 163 g/mol. The Kier molecular flexibility index (Phi) is 1.83. The molecule has 0 aliphatic carbocycles. The summed E-state index contributed by atoms with van der Waals surface area (Å²) in [4.78, 5) is 4.12. The summed E-state index contributed by atoms with van der Waals surface area (Å²) in [5, 5.41) is 0. The Hall–Kier alpha value is -0.930. The molecule has 1 aliphatic heterocycles. The van der Waals surface area contributed by atoms with Crippen molar-refractivity contribution in [1.29, 1.82) is 0 Å². The van der Waals surface area contributed by atoms with Crippen LogP contribution in [0, 0.1) is 0 Å². The molecule has 0 bridgehead atoms. The van der Waals surface area contributed by atoms with Crippen LogP contribution in [0.15, 0.2) is 24.5 Å². The molecule has 0 unspecified atom stereocenters. The monoisotopic (exact) mass is 163 g/mol. The van der Waals surface area contributed by atoms with Crippen molar-refractivity contribution in [3.63, 3.8) is 0 Å². The standard InChI is InChI=1S/C9H13N3/c1-9(6-11-12-7-9)8-3-2-4-10-5-8/h2-5,11-12H,6-7H2,1H3. The van der Waals surface area contributed by atoms with Gasteiger partial charge in [0.15, 0.2) is 0 Å². The van der Waals surface area contributed by atoms with E-state index in [1.54, 1.807) is 0 Å². The Labute approximate surface area is 72.2 Å². The van der Waals surface area contributed by atoms with Crippen molar-refractivity contribution in [2.45, 2.75) is 12.3 Å². The van der Waals surface area contributed by atoms with E-state index in [1.165, 1.54) is 5.56 Å². The van der Waals surface area contributed by atoms with Crippen LogP contribution in [0.25, 0.3) is 0 Å². The zero-order valence-corrected chi connectivity index (χ0v) is 7.17. The van der Waals surface area contributed by atoms with Crippen molar-refractivity contribution in [3.05, 3.63) is 30.1 Å². The Bertz CT molecular complexity index is 252. The van der Waals surface area contributed by atoms with E-state index >= 15 is 0 Å². The molecule has 0 saturated carbocycles. The molecule has 1 aromatic heterocycles. The van der Waals surface area contributed by atoms with Crippen LogP contribution in [0.1, 0.15) is 12.5 Å². The highest BCUT2D eigenvalue weighted by atomic mass is 15.4. The third kappa shape index (κ3) is 1.21. The van der Waals surface area contributed by atoms with Gasteiger partial charge in [-0.25, -0.2) is 0 Å². The summed E-state index contributed by atoms with van der Waals surface area (Å²) in [5.74, 6) is 0. The molecule has 0 aromatic carbocycles. The van der Waals surface area contributed by atoms with Crippen molar-refractivity contribution >= 4 is 0 Å². The third-order valence-electron chi connectivity index (χ3n) is 2.44. The van der Waals surface area contributed by atoms with Gasteiger partial charge in [-0.3, -0.25) is 15.8 Å². The molecule has 1 saturated heterocycles. The third-order valence-corrected chi connectivity index (χ3v) is 2.44. The van der Waals surface area contributed by atoms with Crippen LogP contribution in [0.2, 0.25) is 0 Å². The number of hydrogen-bond donors (Lipinski definition) is 2. The van der Waals surface area contributed by atoms with Gasteiger partial charge in [0, 0.05) is 30.9 Å². The summed E-state index contributed by atoms with van der Waals surface area (Å²) in [7, 11) is 0. The number of nitrogens with zero attached hydrogens (tertiary/aromatic N) is 1. The number of pyridine rings is 1. The highest BCUT2D eigenvalue weighted by Gasteiger charge is 2.30. The molecule has 2 rings (SSSR count). The van der Waals surface area contributed by atoms with Gasteiger partial charge in [0.1, 0.15) is 0 Å². The van der Waals surface area contributed by atoms with Crippen molar-refractivity contribution in [3.8, 4) is 0 Å². The SMILES string of the molecule is CC1(c2cccnc2)CNNC1. The molecule has 0 amide bonds. The highest BCUT2D eigenvalue weighted by molar-refractivity contribution is 5.23. The second-order valence-corrected chi connectivity index (χ2v) is 3.51. The largest absolute Gasteiger partial charge is 0.264 e. The summed E-state index contributed by atoms with van der Waals surface area (Å²) in [6.45, 7) is 4.18. The molecule has 3 heteroatoms. The van der Waals surface area contributed by atoms with E-state index in [2.05, 4.69) is 28.8 Å². The van der Waals surface area contributed by atoms with Crippen LogP contribution in [0.5, 0.6) is 0 Å². The first-order valence-corrected chi connectivity index (χ1v) is 4.17. The molecule has 0 spiro atoms. The average Bonchev–Trinajstić information content (AvgIpc) is 2.55. The molecular weight excluding hydrogens is 150 g/mol. The molecule has 2 heterocycles. The first-order valence-electron chi connectivity index (χ1n) is 4.17. The lowest BCUT2D eigenvalue weighted by atomic mass is 9.85. The zero-order chi connectivity index (χ0) is 8.44. The fourth-order valence-electron chi connectivity index (χ4n) is 1.50. The van der Waals surface area contributed by atoms with E-state index < -0.39 is 0 Å². The molecule has 12 heavy (non-hydrogen) atoms. The van der Waals surface area contributed by atoms with E-state index in [9.17, 15) is 0 Å². The van der Waals surface area contributed by atoms with Gasteiger partial charge in [0.05, 0.1) is 0 Å². The maximum Gasteiger partial charge on any atom is 0.0306 e. The summed E-state index contributed by atoms with van der Waals surface area (Å²) in [6, 6.07) is 4.11. The highest BCUT2D eigenvalue weighted by Crippen LogP contribution is 2.23. The lowest BCUT2D eigenvalue weighted by molar-refractivity contribution is 0.551. The minimum Gasteiger partial charge on any atom is -0.264 e. The molecule has 0 atom stereocenters. The van der Waals surface area contributed by atoms with Crippen molar-refractivity contribution in [2.75, 3.05) is 13.1 Å². The topological polar surface area (TPSA) is 37.0 Å². The normalized spacial score (nSPS) is 21.1. The number of aromatic nitrogens is 1. The van der Waals surface area contributed by atoms with E-state index in [0.717, 1.165) is 13.1 Å². The molecule has 3 nitrogen and oxygen atoms in total. The van der Waals surface area contributed by atoms with Crippen LogP contribution in [-0.4, -0.2) is 18.1 Å². The van der Waals surface area contributed by atoms with E-state index in [0.29, 0.717) is 0 Å². The summed E-state index contributed by atoms with van der Waals surface area (Å²) >= 11 is 0. The van der Waals surface area contributed by atoms with E-state index in [4.69, 9.17) is 0 Å². The van der Waals surface area contributed by atoms with Crippen LogP contribution < -0.4 is 10.9 Å². The molecule has 2 N–H and O–H groups in total. The summed E-state index contributed by atoms with van der Waals surface area (Å²) in [5.41, 5.74) is 7.76. The van der Waals surface area contributed by atoms with Crippen LogP contribution >= 0.6 is 0 Å². The van der Waals surface area contributed by atoms with Crippen molar-refractivity contribution in [1.82, 2.24) is 15.8 Å². The van der Waals surface area contributed by atoms with Gasteiger partial charge in [-0.2, -0.15) is 0 Å². The Morgan fingerprint density at radius 1 is 1.42 bits per heavy atom. The predicted molar refractivity (Wildman–Crippen MR) is 47.6 cm³/mol. The molecule has 1 aromatic rings. The Morgan fingerprint density at radius 2 is 2.17 bits per heavy atom. The van der Waals surface area contributed by atoms with Gasteiger partial charge in [0.2, 0.25) is 0 Å². The Balaban J connectivity index is 2.29. The lowest BCUT2D eigenvalue weighted by Gasteiger charge is -2.21. The van der Waals surface area contributed by atoms with Crippen LogP contribution in [-0.2, 0) is 5.41 Å². The smallest absolute Gasteiger partial charge is 0.0306 e. The molecular formula is C9H13N3. The maximum atomic E-state index is 4.12. The lowest BCUT2D eigenvalue weighted by Crippen LogP contribution is -2.27. The molecule has 64 valence electrons. The molecule has 1 fully saturated rings. The predicted octanol–water partition coefficient (Wildman–Crippen LogP) is 0.447. The zero-order valence-electron chi connectivity index (χ0n) is 7.17. The maximum absolute atomic E-state index is 4.12. The number of nitrogens with one attached hydrogen (secondary N) is 2. The fourth-order valence-corrected chi connectivity index (χ4v) is 1.50. The second-order valence-electron chi connectivity index (χ2n) is 3.51. The van der Waals surface area contributed by atoms with Gasteiger partial charge >= 0.3 is 0 Å². The Morgan fingerprint density at radius 3 is 2.75 bits per heavy atom. The summed E-state index contributed by atoms with van der Waals surface area (Å²) < 4.78 is 0. The van der Waals surface area contributed by atoms with Gasteiger partial charge < -0.3 is 0 Å². The minimum atomic E-state index is 0.203. The molecule has 1 aliphatic rings. The number of hydrogen-bond acceptors (Lipinski definition) is 3. The van der Waals surface area contributed by atoms with E-state index in [1.807, 2.05) is 18.5 Å². The second kappa shape index (κ2) is 2.84. The first kappa shape index (κ1) is 7.71. The van der Waals surface area contributed by atoms with Gasteiger partial charge in [-0.1, -0.05) is 13.0 Å². The molecule has 0 radical (unpaired) electrons. The number of rotatable bonds is 1. The van der Waals surface area contributed by atoms with Crippen molar-refractivity contribution in [2.24, 2.45) is 0 Å². The number of hydrazine groups is 1. The quantitative estimate of drug-likeness (QED) is 0.631. The van der Waals surface area contributed by atoms with E-state index in [-0.39, 0.29) is 5.41 Å². The fraction of sp³-hybridized carbons (Fsp3) is 0.444. The van der Waals surface area contributed by atoms with Crippen LogP contribution in [0.3, 0.4) is 0 Å². The first-order chi connectivity index (χ1) is 5.81. The van der Waals surface area contributed by atoms with Crippen molar-refractivity contribution < 1.29 is 0 Å². The van der Waals surface area contributed by atoms with Gasteiger partial charge in [-0.15, -0.1) is 0 Å². The van der Waals surface area contributed by atoms with Gasteiger partial charge in [0.25, 0.3) is 0 Å². The van der Waals surface area contributed by atoms with Gasteiger partial charge in [-0.05, 0) is 11.6 Å². The minimum absolute atomic E-state index is 0.203. The van der Waals surface area contributed by atoms with Crippen LogP contribution in [0.4, 0.5) is 0 Å². The summed E-state index contributed by atoms with van der Waals surface area (Å²) in [6.07, 6.45) is 3.75.